The zero-order valence-electron chi connectivity index (χ0n) is 20.0. The van der Waals surface area contributed by atoms with Crippen LogP contribution in [0.4, 0.5) is 18.2 Å². The second-order valence-corrected chi connectivity index (χ2v) is 10.0. The molecule has 0 saturated carbocycles. The Morgan fingerprint density at radius 3 is 2.66 bits per heavy atom. The summed E-state index contributed by atoms with van der Waals surface area (Å²) in [5.74, 6) is -0.0195. The summed E-state index contributed by atoms with van der Waals surface area (Å²) in [5.41, 5.74) is 1.94. The molecule has 1 amide bonds. The molecular weight excluding hydrogens is 521 g/mol. The Balaban J connectivity index is 1.26. The van der Waals surface area contributed by atoms with Crippen molar-refractivity contribution in [1.29, 1.82) is 0 Å². The highest BCUT2D eigenvalue weighted by Gasteiger charge is 2.39. The molecule has 196 valence electrons. The van der Waals surface area contributed by atoms with E-state index in [9.17, 15) is 22.8 Å². The zero-order valence-corrected chi connectivity index (χ0v) is 20.8. The molecule has 0 radical (unpaired) electrons. The van der Waals surface area contributed by atoms with Gasteiger partial charge in [0.15, 0.2) is 11.5 Å². The maximum atomic E-state index is 13.6. The fraction of sp³-hybridized carbons (Fsp3) is 0.292. The van der Waals surface area contributed by atoms with Crippen molar-refractivity contribution in [2.75, 3.05) is 24.5 Å². The van der Waals surface area contributed by atoms with Gasteiger partial charge < -0.3 is 19.8 Å². The van der Waals surface area contributed by atoms with Crippen molar-refractivity contribution in [2.45, 2.75) is 25.7 Å². The minimum Gasteiger partial charge on any atom is -0.358 e. The fourth-order valence-corrected chi connectivity index (χ4v) is 5.71. The summed E-state index contributed by atoms with van der Waals surface area (Å²) in [7, 11) is 0. The van der Waals surface area contributed by atoms with Gasteiger partial charge in [0.05, 0.1) is 16.6 Å². The molecule has 2 N–H and O–H groups in total. The van der Waals surface area contributed by atoms with Crippen LogP contribution in [0.5, 0.6) is 0 Å². The van der Waals surface area contributed by atoms with Crippen molar-refractivity contribution in [3.63, 3.8) is 0 Å². The van der Waals surface area contributed by atoms with Gasteiger partial charge in [0, 0.05) is 31.9 Å². The lowest BCUT2D eigenvalue weighted by Gasteiger charge is -2.40. The minimum atomic E-state index is -4.60. The van der Waals surface area contributed by atoms with E-state index in [0.29, 0.717) is 51.6 Å². The topological polar surface area (TPSA) is 116 Å². The second kappa shape index (κ2) is 8.97. The lowest BCUT2D eigenvalue weighted by Crippen LogP contribution is -2.55. The number of benzene rings is 1. The van der Waals surface area contributed by atoms with Crippen molar-refractivity contribution in [1.82, 2.24) is 34.4 Å². The molecule has 38 heavy (non-hydrogen) atoms. The fourth-order valence-electron chi connectivity index (χ4n) is 4.74. The highest BCUT2D eigenvalue weighted by atomic mass is 32.1. The van der Waals surface area contributed by atoms with E-state index in [4.69, 9.17) is 0 Å². The molecule has 6 rings (SSSR count). The monoisotopic (exact) mass is 542 g/mol. The summed E-state index contributed by atoms with van der Waals surface area (Å²) in [6.45, 7) is 2.49. The van der Waals surface area contributed by atoms with Crippen molar-refractivity contribution >= 4 is 44.4 Å². The number of thiazole rings is 1. The van der Waals surface area contributed by atoms with E-state index in [2.05, 4.69) is 24.9 Å². The minimum absolute atomic E-state index is 0.127. The van der Waals surface area contributed by atoms with Crippen molar-refractivity contribution in [3.8, 4) is 11.5 Å². The predicted molar refractivity (Wildman–Crippen MR) is 136 cm³/mol. The Kier molecular flexibility index (Phi) is 5.70. The number of carbonyl (C=O) groups is 1. The first-order valence-electron chi connectivity index (χ1n) is 11.8. The highest BCUT2D eigenvalue weighted by Crippen LogP contribution is 2.42. The second-order valence-electron chi connectivity index (χ2n) is 9.05. The van der Waals surface area contributed by atoms with Gasteiger partial charge >= 0.3 is 11.9 Å². The predicted octanol–water partition coefficient (Wildman–Crippen LogP) is 3.48. The molecule has 5 aromatic rings. The summed E-state index contributed by atoms with van der Waals surface area (Å²) in [6.07, 6.45) is -3.06. The lowest BCUT2D eigenvalue weighted by atomic mass is 10.2. The number of aromatic nitrogens is 6. The molecular formula is C24H21F3N8O2S. The molecule has 10 nitrogen and oxygen atoms in total. The zero-order chi connectivity index (χ0) is 26.6. The quantitative estimate of drug-likeness (QED) is 0.359. The van der Waals surface area contributed by atoms with Gasteiger partial charge in [-0.15, -0.1) is 0 Å². The van der Waals surface area contributed by atoms with Gasteiger partial charge in [-0.25, -0.2) is 19.7 Å². The number of para-hydroxylation sites is 2. The number of rotatable bonds is 4. The molecule has 14 heteroatoms. The number of pyridine rings is 1. The molecule has 0 spiro atoms. The van der Waals surface area contributed by atoms with Crippen LogP contribution < -0.4 is 10.6 Å². The summed E-state index contributed by atoms with van der Waals surface area (Å²) < 4.78 is 42.2. The van der Waals surface area contributed by atoms with Gasteiger partial charge in [-0.05, 0) is 31.2 Å². The Morgan fingerprint density at radius 2 is 1.89 bits per heavy atom. The van der Waals surface area contributed by atoms with Crippen LogP contribution in [0.25, 0.3) is 33.7 Å². The van der Waals surface area contributed by atoms with Crippen LogP contribution in [0, 0.1) is 0 Å². The van der Waals surface area contributed by atoms with E-state index in [1.807, 2.05) is 17.9 Å². The van der Waals surface area contributed by atoms with Crippen LogP contribution >= 0.6 is 11.3 Å². The number of aromatic amines is 2. The third-order valence-corrected chi connectivity index (χ3v) is 7.68. The van der Waals surface area contributed by atoms with E-state index in [1.165, 1.54) is 4.57 Å². The van der Waals surface area contributed by atoms with Gasteiger partial charge in [0.1, 0.15) is 17.2 Å². The SMILES string of the molecule is CC1CN(c2sc(C(F)(F)F)nc2-c2nc3ccccc3[nH]2)CCN1C(=O)Cn1c(=O)[nH]c2cccnc21. The number of piperazine rings is 1. The van der Waals surface area contributed by atoms with Crippen LogP contribution in [0.1, 0.15) is 11.9 Å². The number of imidazole rings is 2. The van der Waals surface area contributed by atoms with E-state index in [0.717, 1.165) is 0 Å². The Labute approximate surface area is 216 Å². The summed E-state index contributed by atoms with van der Waals surface area (Å²) in [5, 5.41) is -0.618. The summed E-state index contributed by atoms with van der Waals surface area (Å²) in [4.78, 5) is 47.3. The molecule has 1 aliphatic rings. The van der Waals surface area contributed by atoms with Gasteiger partial charge in [-0.1, -0.05) is 23.5 Å². The van der Waals surface area contributed by atoms with Crippen molar-refractivity contribution < 1.29 is 18.0 Å². The Hall–Kier alpha value is -4.20. The molecule has 1 fully saturated rings. The number of alkyl halides is 3. The van der Waals surface area contributed by atoms with Crippen LogP contribution in [0.3, 0.4) is 0 Å². The molecule has 0 aliphatic carbocycles. The van der Waals surface area contributed by atoms with Crippen LogP contribution in [0.2, 0.25) is 0 Å². The van der Waals surface area contributed by atoms with Gasteiger partial charge in [0.2, 0.25) is 10.9 Å². The molecule has 4 aromatic heterocycles. The average Bonchev–Trinajstić information content (AvgIpc) is 3.59. The summed E-state index contributed by atoms with van der Waals surface area (Å²) >= 11 is 0.565. The molecule has 1 aromatic carbocycles. The first-order valence-corrected chi connectivity index (χ1v) is 12.6. The number of H-pyrrole nitrogens is 2. The smallest absolute Gasteiger partial charge is 0.358 e. The number of halogens is 3. The molecule has 1 aliphatic heterocycles. The highest BCUT2D eigenvalue weighted by molar-refractivity contribution is 7.16. The van der Waals surface area contributed by atoms with Crippen LogP contribution in [-0.2, 0) is 17.5 Å². The largest absolute Gasteiger partial charge is 0.443 e. The van der Waals surface area contributed by atoms with Crippen LogP contribution in [0.15, 0.2) is 47.4 Å². The first kappa shape index (κ1) is 24.2. The number of nitrogens with one attached hydrogen (secondary N) is 2. The van der Waals surface area contributed by atoms with E-state index < -0.39 is 16.9 Å². The van der Waals surface area contributed by atoms with Crippen LogP contribution in [-0.4, -0.2) is 66.0 Å². The van der Waals surface area contributed by atoms with Crippen molar-refractivity contribution in [3.05, 3.63) is 58.1 Å². The first-order chi connectivity index (χ1) is 18.2. The van der Waals surface area contributed by atoms with Crippen molar-refractivity contribution in [2.24, 2.45) is 0 Å². The number of hydrogen-bond donors (Lipinski definition) is 2. The molecule has 5 heterocycles. The molecule has 1 saturated heterocycles. The Morgan fingerprint density at radius 1 is 1.11 bits per heavy atom. The third-order valence-electron chi connectivity index (χ3n) is 6.52. The number of nitrogens with zero attached hydrogens (tertiary/aromatic N) is 6. The van der Waals surface area contributed by atoms with E-state index >= 15 is 0 Å². The van der Waals surface area contributed by atoms with Gasteiger partial charge in [-0.3, -0.25) is 9.36 Å². The summed E-state index contributed by atoms with van der Waals surface area (Å²) in [6, 6.07) is 10.2. The number of amides is 1. The number of hydrogen-bond acceptors (Lipinski definition) is 7. The third kappa shape index (κ3) is 4.20. The maximum absolute atomic E-state index is 13.6. The Bertz CT molecular complexity index is 1690. The molecule has 1 atom stereocenters. The lowest BCUT2D eigenvalue weighted by molar-refractivity contribution is -0.137. The van der Waals surface area contributed by atoms with Gasteiger partial charge in [0.25, 0.3) is 0 Å². The molecule has 1 unspecified atom stereocenters. The van der Waals surface area contributed by atoms with Gasteiger partial charge in [-0.2, -0.15) is 13.2 Å². The van der Waals surface area contributed by atoms with E-state index in [-0.39, 0.29) is 36.6 Å². The van der Waals surface area contributed by atoms with E-state index in [1.54, 1.807) is 41.4 Å². The molecule has 0 bridgehead atoms. The number of carbonyl (C=O) groups excluding carboxylic acids is 1. The number of fused-ring (bicyclic) bond motifs is 2. The number of anilines is 1. The maximum Gasteiger partial charge on any atom is 0.443 e. The normalized spacial score (nSPS) is 16.6. The average molecular weight is 543 g/mol. The standard InChI is InChI=1S/C24H21F3N8O2S/c1-13-11-33(9-10-34(13)17(36)12-35-20-16(31-23(35)37)7-4-8-28-20)21-18(32-22(38-21)24(25,26)27)19-29-14-5-2-3-6-15(14)30-19/h2-8,13H,9-12H2,1H3,(H,29,30)(H,31,37).